The van der Waals surface area contributed by atoms with Gasteiger partial charge in [-0.1, -0.05) is 377 Å². The molecule has 103 heavy (non-hydrogen) atoms. The van der Waals surface area contributed by atoms with E-state index >= 15 is 0 Å². The van der Waals surface area contributed by atoms with Crippen LogP contribution in [-0.2, 0) is 33.3 Å². The molecule has 0 N–H and O–H groups in total. The monoisotopic (exact) mass is 1430 g/mol. The van der Waals surface area contributed by atoms with Crippen molar-refractivity contribution in [1.82, 2.24) is 0 Å². The summed E-state index contributed by atoms with van der Waals surface area (Å²) < 4.78 is 22.9. The van der Waals surface area contributed by atoms with E-state index in [4.69, 9.17) is 18.9 Å². The third kappa shape index (κ3) is 84.1. The summed E-state index contributed by atoms with van der Waals surface area (Å²) in [7, 11) is 5.93. The van der Waals surface area contributed by atoms with Gasteiger partial charge in [0.25, 0.3) is 0 Å². The molecule has 9 heteroatoms. The molecule has 0 aromatic heterocycles. The minimum absolute atomic E-state index is 0.140. The number of rotatable bonds is 78. The summed E-state index contributed by atoms with van der Waals surface area (Å²) in [5, 5.41) is 11.9. The summed E-state index contributed by atoms with van der Waals surface area (Å²) in [4.78, 5) is 37.7. The van der Waals surface area contributed by atoms with Crippen molar-refractivity contribution in [2.75, 3.05) is 47.5 Å². The second-order valence-corrected chi connectivity index (χ2v) is 29.4. The van der Waals surface area contributed by atoms with Gasteiger partial charge in [0.2, 0.25) is 0 Å². The summed E-state index contributed by atoms with van der Waals surface area (Å²) in [6.07, 6.45) is 119. The van der Waals surface area contributed by atoms with Gasteiger partial charge in [0.15, 0.2) is 12.4 Å². The predicted molar refractivity (Wildman–Crippen MR) is 444 cm³/mol. The van der Waals surface area contributed by atoms with Crippen LogP contribution >= 0.6 is 0 Å². The van der Waals surface area contributed by atoms with Crippen LogP contribution < -0.4 is 5.11 Å². The van der Waals surface area contributed by atoms with E-state index in [1.54, 1.807) is 0 Å². The molecule has 0 fully saturated rings. The molecule has 0 spiro atoms. The molecule has 0 heterocycles. The molecule has 0 rings (SSSR count). The number of ether oxygens (including phenoxy) is 4. The summed E-state index contributed by atoms with van der Waals surface area (Å²) >= 11 is 0. The van der Waals surface area contributed by atoms with Gasteiger partial charge in [0.1, 0.15) is 13.2 Å². The maximum absolute atomic E-state index is 13.0. The van der Waals surface area contributed by atoms with Gasteiger partial charge in [0, 0.05) is 12.8 Å². The highest BCUT2D eigenvalue weighted by molar-refractivity contribution is 5.70. The summed E-state index contributed by atoms with van der Waals surface area (Å²) in [5.41, 5.74) is 0. The number of esters is 2. The molecule has 9 nitrogen and oxygen atoms in total. The molecule has 0 aromatic rings. The first-order valence-electron chi connectivity index (χ1n) is 42.6. The van der Waals surface area contributed by atoms with Crippen LogP contribution in [0.15, 0.2) is 158 Å². The van der Waals surface area contributed by atoms with Gasteiger partial charge in [0.05, 0.1) is 40.3 Å². The van der Waals surface area contributed by atoms with Gasteiger partial charge in [-0.05, 0) is 128 Å². The van der Waals surface area contributed by atoms with Crippen molar-refractivity contribution in [3.05, 3.63) is 158 Å². The molecule has 0 saturated carbocycles. The average Bonchev–Trinajstić information content (AvgIpc) is 1.01. The number of carbonyl (C=O) groups excluding carboxylic acids is 3. The van der Waals surface area contributed by atoms with Crippen LogP contribution in [0.5, 0.6) is 0 Å². The molecule has 0 radical (unpaired) electrons. The summed E-state index contributed by atoms with van der Waals surface area (Å²) in [6.45, 7) is 4.63. The van der Waals surface area contributed by atoms with Gasteiger partial charge in [-0.3, -0.25) is 9.59 Å². The van der Waals surface area contributed by atoms with Crippen molar-refractivity contribution in [2.45, 2.75) is 373 Å². The van der Waals surface area contributed by atoms with Crippen molar-refractivity contribution in [1.29, 1.82) is 0 Å². The number of carbonyl (C=O) groups is 3. The lowest BCUT2D eigenvalue weighted by Gasteiger charge is -2.26. The molecular weight excluding hydrogens is 1270 g/mol. The molecule has 0 saturated heterocycles. The van der Waals surface area contributed by atoms with Crippen LogP contribution in [0.4, 0.5) is 0 Å². The smallest absolute Gasteiger partial charge is 0.306 e. The maximum Gasteiger partial charge on any atom is 0.306 e. The van der Waals surface area contributed by atoms with E-state index in [0.29, 0.717) is 17.4 Å². The first-order valence-corrected chi connectivity index (χ1v) is 42.6. The third-order valence-electron chi connectivity index (χ3n) is 18.3. The molecule has 0 amide bonds. The highest BCUT2D eigenvalue weighted by Gasteiger charge is 2.22. The lowest BCUT2D eigenvalue weighted by molar-refractivity contribution is -0.870. The average molecular weight is 1430 g/mol. The Hall–Kier alpha value is -5.09. The van der Waals surface area contributed by atoms with Crippen molar-refractivity contribution < 1.29 is 42.9 Å². The van der Waals surface area contributed by atoms with Gasteiger partial charge in [-0.2, -0.15) is 0 Å². The Balaban J connectivity index is 4.07. The lowest BCUT2D eigenvalue weighted by atomic mass is 10.0. The SMILES string of the molecule is CC/C=C\C/C=C\C/C=C\C/C=C\C/C=C\C/C=C\C/C=C\C/C=C\C/C=C\C/C=C\C/C=C\CCCCCCCCCC(=O)OC(COC(=O)CCCCCCCCCCCCCCCCCCCCCCCCCCC/C=C\C/C=C\CCCCCCC)COC(OCC[N+](C)(C)C)C(=O)[O-]. The largest absolute Gasteiger partial charge is 0.545 e. The van der Waals surface area contributed by atoms with Crippen LogP contribution in [0.1, 0.15) is 361 Å². The normalized spacial score (nSPS) is 13.4. The third-order valence-corrected chi connectivity index (χ3v) is 18.3. The summed E-state index contributed by atoms with van der Waals surface area (Å²) in [5.74, 6) is -2.29. The molecule has 2 atom stereocenters. The number of hydrogen-bond donors (Lipinski definition) is 0. The molecule has 0 aliphatic carbocycles. The number of carboxylic acids is 1. The van der Waals surface area contributed by atoms with Gasteiger partial charge in [-0.15, -0.1) is 0 Å². The van der Waals surface area contributed by atoms with Crippen molar-refractivity contribution in [2.24, 2.45) is 0 Å². The van der Waals surface area contributed by atoms with Crippen LogP contribution in [0, 0.1) is 0 Å². The number of quaternary nitrogens is 1. The number of allylic oxidation sites excluding steroid dienone is 26. The Morgan fingerprint density at radius 1 is 0.301 bits per heavy atom. The number of likely N-dealkylation sites (N-methyl/N-ethyl adjacent to an activating group) is 1. The fourth-order valence-electron chi connectivity index (χ4n) is 11.8. The van der Waals surface area contributed by atoms with E-state index in [-0.39, 0.29) is 38.6 Å². The second kappa shape index (κ2) is 82.6. The molecule has 0 aliphatic rings. The maximum atomic E-state index is 13.0. The summed E-state index contributed by atoms with van der Waals surface area (Å²) in [6, 6.07) is 0. The fraction of sp³-hybridized carbons (Fsp3) is 0.691. The molecule has 2 unspecified atom stereocenters. The van der Waals surface area contributed by atoms with Crippen LogP contribution in [-0.4, -0.2) is 82.3 Å². The first-order chi connectivity index (χ1) is 50.6. The van der Waals surface area contributed by atoms with Gasteiger partial charge >= 0.3 is 11.9 Å². The molecular formula is C94H159NO8. The molecule has 0 aromatic carbocycles. The Morgan fingerprint density at radius 3 is 0.825 bits per heavy atom. The number of aliphatic carboxylic acids is 1. The molecule has 0 bridgehead atoms. The number of nitrogens with zero attached hydrogens (tertiary/aromatic N) is 1. The van der Waals surface area contributed by atoms with Crippen LogP contribution in [0.2, 0.25) is 0 Å². The molecule has 0 aliphatic heterocycles. The quantitative estimate of drug-likeness (QED) is 0.0195. The number of hydrogen-bond acceptors (Lipinski definition) is 8. The first kappa shape index (κ1) is 97.9. The van der Waals surface area contributed by atoms with Crippen molar-refractivity contribution >= 4 is 17.9 Å². The standard InChI is InChI=1S/C94H159NO8/c1-6-8-10-12-14-16-18-20-22-24-26-28-30-32-34-36-38-40-42-44-45-46-47-49-51-53-55-57-59-61-63-65-67-69-71-73-75-77-79-81-83-85-92(97)103-90(89-102-94(93(98)99)100-87-86-95(3,4)5)88-101-91(96)84-82-80-78-76-74-72-70-68-66-64-62-60-58-56-54-52-50-48-43-41-39-37-35-33-31-29-27-25-23-21-19-17-15-13-11-9-7-2/h8,10,14,16,19-22,25-28,32,34,38,40,44-45,47,49,53,55,59,61,65,67,90,94H,6-7,9,11-13,15,17-18,23-24,29-31,33,35-37,39,41-43,46,48,50-52,54,56-58,60,62-64,66,68-89H2,1-5H3/b10-8-,16-14-,21-19-,22-20-,27-25-,28-26-,34-32-,40-38-,45-44-,49-47-,55-53-,61-59-,67-65-. The van der Waals surface area contributed by atoms with E-state index in [9.17, 15) is 19.5 Å². The van der Waals surface area contributed by atoms with Crippen molar-refractivity contribution in [3.8, 4) is 0 Å². The highest BCUT2D eigenvalue weighted by atomic mass is 16.7. The van der Waals surface area contributed by atoms with E-state index in [0.717, 1.165) is 122 Å². The second-order valence-electron chi connectivity index (χ2n) is 29.4. The minimum atomic E-state index is -1.63. The van der Waals surface area contributed by atoms with Crippen molar-refractivity contribution in [3.63, 3.8) is 0 Å². The zero-order valence-corrected chi connectivity index (χ0v) is 67.4. The Bertz CT molecular complexity index is 2270. The molecule has 588 valence electrons. The van der Waals surface area contributed by atoms with E-state index < -0.39 is 24.3 Å². The van der Waals surface area contributed by atoms with Gasteiger partial charge in [-0.25, -0.2) is 0 Å². The van der Waals surface area contributed by atoms with Crippen LogP contribution in [0.3, 0.4) is 0 Å². The van der Waals surface area contributed by atoms with E-state index in [1.807, 2.05) is 21.1 Å². The Labute approximate surface area is 635 Å². The van der Waals surface area contributed by atoms with Gasteiger partial charge < -0.3 is 33.3 Å². The van der Waals surface area contributed by atoms with Crippen LogP contribution in [0.25, 0.3) is 0 Å². The Kier molecular flexibility index (Phi) is 78.5. The zero-order chi connectivity index (χ0) is 74.6. The number of carboxylic acid groups (broad SMARTS) is 1. The predicted octanol–water partition coefficient (Wildman–Crippen LogP) is 26.6. The zero-order valence-electron chi connectivity index (χ0n) is 67.4. The number of unbranched alkanes of at least 4 members (excludes halogenated alkanes) is 37. The topological polar surface area (TPSA) is 111 Å². The fourth-order valence-corrected chi connectivity index (χ4v) is 11.8. The van der Waals surface area contributed by atoms with E-state index in [2.05, 4.69) is 172 Å². The van der Waals surface area contributed by atoms with E-state index in [1.165, 1.54) is 205 Å². The Morgan fingerprint density at radius 2 is 0.553 bits per heavy atom. The highest BCUT2D eigenvalue weighted by Crippen LogP contribution is 2.18. The minimum Gasteiger partial charge on any atom is -0.545 e. The lowest BCUT2D eigenvalue weighted by Crippen LogP contribution is -2.44.